The van der Waals surface area contributed by atoms with E-state index < -0.39 is 35.0 Å². The molecule has 0 aliphatic carbocycles. The molecule has 0 spiro atoms. The first-order valence-corrected chi connectivity index (χ1v) is 16.3. The van der Waals surface area contributed by atoms with Gasteiger partial charge < -0.3 is 32.5 Å². The quantitative estimate of drug-likeness (QED) is 0.0820. The lowest BCUT2D eigenvalue weighted by molar-refractivity contribution is 0.0307. The fourth-order valence-electron chi connectivity index (χ4n) is 5.62. The number of phenolic OH excluding ortho intramolecular Hbond substituents is 3. The fourth-order valence-corrected chi connectivity index (χ4v) is 5.62. The van der Waals surface area contributed by atoms with Crippen LogP contribution in [0.1, 0.15) is 48.2 Å². The normalized spacial score (nSPS) is 11.3. The number of benzene rings is 3. The van der Waals surface area contributed by atoms with Crippen LogP contribution in [0.4, 0.5) is 0 Å². The summed E-state index contributed by atoms with van der Waals surface area (Å²) in [6, 6.07) is 19.2. The van der Waals surface area contributed by atoms with Gasteiger partial charge in [-0.1, -0.05) is 36.4 Å². The fraction of sp³-hybridized carbons (Fsp3) is 0.167. The summed E-state index contributed by atoms with van der Waals surface area (Å²) in [5.41, 5.74) is 25.5. The molecule has 12 N–H and O–H groups in total. The number of aromatic nitrogens is 3. The first-order chi connectivity index (χ1) is 25.1. The van der Waals surface area contributed by atoms with E-state index in [0.717, 1.165) is 0 Å². The Hall–Kier alpha value is -6.46. The molecule has 3 aromatic heterocycles. The monoisotopic (exact) mass is 704 g/mol. The predicted molar refractivity (Wildman–Crippen MR) is 193 cm³/mol. The average Bonchev–Trinajstić information content (AvgIpc) is 3.13. The van der Waals surface area contributed by atoms with Gasteiger partial charge in [0.05, 0.1) is 16.7 Å². The molecular formula is C36H36N10O6. The molecule has 52 heavy (non-hydrogen) atoms. The van der Waals surface area contributed by atoms with Crippen LogP contribution in [0.25, 0.3) is 32.7 Å². The molecule has 0 saturated heterocycles. The third-order valence-corrected chi connectivity index (χ3v) is 8.25. The number of pyridine rings is 3. The van der Waals surface area contributed by atoms with E-state index in [1.807, 2.05) is 0 Å². The van der Waals surface area contributed by atoms with Gasteiger partial charge in [-0.15, -0.1) is 0 Å². The van der Waals surface area contributed by atoms with Gasteiger partial charge in [0.25, 0.3) is 17.7 Å². The van der Waals surface area contributed by atoms with Crippen molar-refractivity contribution in [2.75, 3.05) is 19.6 Å². The lowest BCUT2D eigenvalue weighted by atomic mass is 10.1. The first kappa shape index (κ1) is 35.4. The number of hydrogen-bond donors (Lipinski definition) is 9. The van der Waals surface area contributed by atoms with Gasteiger partial charge in [0.1, 0.15) is 16.6 Å². The van der Waals surface area contributed by atoms with Gasteiger partial charge in [-0.2, -0.15) is 0 Å². The molecule has 16 nitrogen and oxygen atoms in total. The topological polar surface area (TPSA) is 268 Å². The van der Waals surface area contributed by atoms with E-state index in [-0.39, 0.29) is 33.2 Å². The summed E-state index contributed by atoms with van der Waals surface area (Å²) in [6.45, 7) is 0.968. The average molecular weight is 705 g/mol. The van der Waals surface area contributed by atoms with E-state index in [1.54, 1.807) is 54.6 Å². The first-order valence-electron chi connectivity index (χ1n) is 16.3. The number of rotatable bonds is 12. The number of nitrogens with zero attached hydrogens (tertiary/aromatic N) is 4. The standard InChI is InChI=1S/C36H36N10O6/c37-16-13-22-7-1-19-4-10-25(31(47)28(19)40-22)34(50)43-46(44-35(51)26-11-5-20-2-8-23(14-17-38)41-29(20)32(26)48)45-36(52)27-12-6-21-3-9-24(15-18-39)42-30(21)33(27)49/h1-12,47-49H,13-18,37-39H2,(H,43,50)(H,44,51)(H,45,52). The highest BCUT2D eigenvalue weighted by Gasteiger charge is 2.25. The van der Waals surface area contributed by atoms with Crippen LogP contribution in [0.15, 0.2) is 72.8 Å². The number of aromatic hydroxyl groups is 3. The second-order valence-electron chi connectivity index (χ2n) is 11.8. The number of nitrogens with one attached hydrogen (secondary N) is 3. The summed E-state index contributed by atoms with van der Waals surface area (Å²) >= 11 is 0. The molecule has 3 amide bonds. The molecule has 16 heteroatoms. The maximum Gasteiger partial charge on any atom is 0.272 e. The Bertz CT molecular complexity index is 2090. The zero-order chi connectivity index (χ0) is 36.9. The third-order valence-electron chi connectivity index (χ3n) is 8.25. The number of fused-ring (bicyclic) bond motifs is 3. The molecular weight excluding hydrogens is 668 g/mol. The van der Waals surface area contributed by atoms with Crippen LogP contribution in [0.2, 0.25) is 0 Å². The number of hydrazine groups is 3. The molecule has 0 saturated carbocycles. The molecule has 0 aliphatic heterocycles. The molecule has 6 rings (SSSR count). The van der Waals surface area contributed by atoms with Crippen molar-refractivity contribution >= 4 is 50.4 Å². The van der Waals surface area contributed by atoms with Gasteiger partial charge in [-0.05, 0) is 61.3 Å². The summed E-state index contributed by atoms with van der Waals surface area (Å²) < 4.78 is 0. The van der Waals surface area contributed by atoms with E-state index in [9.17, 15) is 29.7 Å². The van der Waals surface area contributed by atoms with Gasteiger partial charge in [0.15, 0.2) is 17.2 Å². The Morgan fingerprint density at radius 3 is 1.02 bits per heavy atom. The Labute approximate surface area is 296 Å². The SMILES string of the molecule is NCCc1ccc2ccc(C(=O)NN(NC(=O)c3ccc4ccc(CCN)nc4c3O)NC(=O)c3ccc4ccc(CCN)nc4c3O)c(O)c2n1. The molecule has 0 bridgehead atoms. The van der Waals surface area contributed by atoms with Crippen molar-refractivity contribution in [2.24, 2.45) is 17.2 Å². The Kier molecular flexibility index (Phi) is 10.3. The van der Waals surface area contributed by atoms with Crippen LogP contribution < -0.4 is 33.5 Å². The van der Waals surface area contributed by atoms with Gasteiger partial charge in [-0.25, -0.2) is 31.2 Å². The van der Waals surface area contributed by atoms with Gasteiger partial charge in [0.2, 0.25) is 0 Å². The summed E-state index contributed by atoms with van der Waals surface area (Å²) in [5, 5.41) is 35.5. The molecule has 3 aromatic carbocycles. The number of hydrogen-bond acceptors (Lipinski definition) is 13. The third kappa shape index (κ3) is 7.21. The van der Waals surface area contributed by atoms with Crippen molar-refractivity contribution in [3.63, 3.8) is 0 Å². The second-order valence-corrected chi connectivity index (χ2v) is 11.8. The minimum Gasteiger partial charge on any atom is -0.505 e. The maximum atomic E-state index is 13.6. The lowest BCUT2D eigenvalue weighted by Gasteiger charge is -2.24. The smallest absolute Gasteiger partial charge is 0.272 e. The van der Waals surface area contributed by atoms with Crippen LogP contribution in [-0.2, 0) is 19.3 Å². The zero-order valence-electron chi connectivity index (χ0n) is 27.8. The number of amides is 3. The molecule has 0 atom stereocenters. The molecule has 6 aromatic rings. The number of phenols is 3. The van der Waals surface area contributed by atoms with E-state index in [2.05, 4.69) is 31.2 Å². The molecule has 0 unspecified atom stereocenters. The molecule has 0 fully saturated rings. The second kappa shape index (κ2) is 15.2. The van der Waals surface area contributed by atoms with E-state index in [0.29, 0.717) is 77.4 Å². The van der Waals surface area contributed by atoms with Crippen LogP contribution in [-0.4, -0.2) is 72.9 Å². The summed E-state index contributed by atoms with van der Waals surface area (Å²) in [5.74, 6) is -4.24. The molecule has 3 heterocycles. The van der Waals surface area contributed by atoms with Crippen molar-refractivity contribution in [2.45, 2.75) is 19.3 Å². The van der Waals surface area contributed by atoms with Gasteiger partial charge in [0, 0.05) is 52.5 Å². The summed E-state index contributed by atoms with van der Waals surface area (Å²) in [7, 11) is 0. The highest BCUT2D eigenvalue weighted by Crippen LogP contribution is 2.30. The van der Waals surface area contributed by atoms with Gasteiger partial charge in [-0.3, -0.25) is 14.4 Å². The van der Waals surface area contributed by atoms with Gasteiger partial charge >= 0.3 is 0 Å². The van der Waals surface area contributed by atoms with Crippen LogP contribution in [0.3, 0.4) is 0 Å². The number of carbonyl (C=O) groups is 3. The Balaban J connectivity index is 1.34. The Morgan fingerprint density at radius 2 is 0.750 bits per heavy atom. The maximum absolute atomic E-state index is 13.6. The minimum atomic E-state index is -0.960. The predicted octanol–water partition coefficient (Wildman–Crippen LogP) is 1.59. The van der Waals surface area contributed by atoms with Crippen molar-refractivity contribution in [3.05, 3.63) is 107 Å². The minimum absolute atomic E-state index is 0.142. The molecule has 266 valence electrons. The number of carbonyl (C=O) groups excluding carboxylic acids is 3. The van der Waals surface area contributed by atoms with E-state index >= 15 is 0 Å². The zero-order valence-corrected chi connectivity index (χ0v) is 27.8. The van der Waals surface area contributed by atoms with Crippen molar-refractivity contribution in [3.8, 4) is 17.2 Å². The van der Waals surface area contributed by atoms with Crippen molar-refractivity contribution in [1.82, 2.24) is 36.5 Å². The number of nitrogens with two attached hydrogens (primary N) is 3. The highest BCUT2D eigenvalue weighted by atomic mass is 16.3. The largest absolute Gasteiger partial charge is 0.505 e. The Morgan fingerprint density at radius 1 is 0.481 bits per heavy atom. The van der Waals surface area contributed by atoms with E-state index in [4.69, 9.17) is 17.2 Å². The van der Waals surface area contributed by atoms with Crippen LogP contribution in [0.5, 0.6) is 17.2 Å². The van der Waals surface area contributed by atoms with Crippen LogP contribution in [0, 0.1) is 0 Å². The van der Waals surface area contributed by atoms with Crippen LogP contribution >= 0.6 is 0 Å². The lowest BCUT2D eigenvalue weighted by Crippen LogP contribution is -2.61. The molecule has 0 radical (unpaired) electrons. The highest BCUT2D eigenvalue weighted by molar-refractivity contribution is 6.05. The summed E-state index contributed by atoms with van der Waals surface area (Å²) in [4.78, 5) is 54.2. The van der Waals surface area contributed by atoms with E-state index in [1.165, 1.54) is 18.2 Å². The summed E-state index contributed by atoms with van der Waals surface area (Å²) in [6.07, 6.45) is 1.32. The molecule has 0 aliphatic rings. The van der Waals surface area contributed by atoms with Crippen molar-refractivity contribution < 1.29 is 29.7 Å². The van der Waals surface area contributed by atoms with Crippen molar-refractivity contribution in [1.29, 1.82) is 0 Å².